The third-order valence-electron chi connectivity index (χ3n) is 3.74. The summed E-state index contributed by atoms with van der Waals surface area (Å²) in [5.41, 5.74) is 1.00. The molecule has 0 saturated heterocycles. The number of nitrogens with one attached hydrogen (secondary N) is 2. The van der Waals surface area contributed by atoms with Crippen LogP contribution in [0.3, 0.4) is 0 Å². The molecule has 0 saturated carbocycles. The average molecular weight is 328 g/mol. The SMILES string of the molecule is CC(=O)Nc1cccc(C(=O)NCC(C)(C)c2ccccc2F)c1. The molecule has 2 rings (SSSR count). The van der Waals surface area contributed by atoms with E-state index in [-0.39, 0.29) is 24.2 Å². The van der Waals surface area contributed by atoms with Crippen LogP contribution in [0, 0.1) is 5.82 Å². The van der Waals surface area contributed by atoms with E-state index in [1.54, 1.807) is 42.5 Å². The molecular formula is C19H21FN2O2. The van der Waals surface area contributed by atoms with Gasteiger partial charge >= 0.3 is 0 Å². The molecule has 126 valence electrons. The maximum atomic E-state index is 14.0. The van der Waals surface area contributed by atoms with Gasteiger partial charge < -0.3 is 10.6 Å². The van der Waals surface area contributed by atoms with Crippen LogP contribution in [0.15, 0.2) is 48.5 Å². The highest BCUT2D eigenvalue weighted by atomic mass is 19.1. The third-order valence-corrected chi connectivity index (χ3v) is 3.74. The van der Waals surface area contributed by atoms with Crippen molar-refractivity contribution >= 4 is 17.5 Å². The minimum Gasteiger partial charge on any atom is -0.351 e. The number of hydrogen-bond donors (Lipinski definition) is 2. The minimum atomic E-state index is -0.545. The van der Waals surface area contributed by atoms with Gasteiger partial charge in [-0.15, -0.1) is 0 Å². The first-order chi connectivity index (χ1) is 11.3. The van der Waals surface area contributed by atoms with Crippen LogP contribution in [0.1, 0.15) is 36.7 Å². The van der Waals surface area contributed by atoms with E-state index in [9.17, 15) is 14.0 Å². The molecule has 4 nitrogen and oxygen atoms in total. The molecule has 0 radical (unpaired) electrons. The molecule has 0 bridgehead atoms. The monoisotopic (exact) mass is 328 g/mol. The fourth-order valence-electron chi connectivity index (χ4n) is 2.45. The van der Waals surface area contributed by atoms with Crippen LogP contribution in [0.2, 0.25) is 0 Å². The van der Waals surface area contributed by atoms with Crippen LogP contribution in [-0.4, -0.2) is 18.4 Å². The Bertz CT molecular complexity index is 757. The van der Waals surface area contributed by atoms with Crippen molar-refractivity contribution < 1.29 is 14.0 Å². The lowest BCUT2D eigenvalue weighted by molar-refractivity contribution is -0.114. The summed E-state index contributed by atoms with van der Waals surface area (Å²) >= 11 is 0. The van der Waals surface area contributed by atoms with Gasteiger partial charge in [0.1, 0.15) is 5.82 Å². The summed E-state index contributed by atoms with van der Waals surface area (Å²) in [6.45, 7) is 5.44. The molecule has 2 aromatic carbocycles. The van der Waals surface area contributed by atoms with Gasteiger partial charge in [0.15, 0.2) is 0 Å². The van der Waals surface area contributed by atoms with Crippen molar-refractivity contribution in [2.24, 2.45) is 0 Å². The van der Waals surface area contributed by atoms with E-state index >= 15 is 0 Å². The number of hydrogen-bond acceptors (Lipinski definition) is 2. The van der Waals surface area contributed by atoms with E-state index in [4.69, 9.17) is 0 Å². The molecule has 0 fully saturated rings. The number of benzene rings is 2. The summed E-state index contributed by atoms with van der Waals surface area (Å²) in [7, 11) is 0. The maximum absolute atomic E-state index is 14.0. The normalized spacial score (nSPS) is 11.0. The molecule has 0 aromatic heterocycles. The third kappa shape index (κ3) is 4.41. The van der Waals surface area contributed by atoms with E-state index in [1.165, 1.54) is 13.0 Å². The molecular weight excluding hydrogens is 307 g/mol. The standard InChI is InChI=1S/C19H21FN2O2/c1-13(23)22-15-8-6-7-14(11-15)18(24)21-12-19(2,3)16-9-4-5-10-17(16)20/h4-11H,12H2,1-3H3,(H,21,24)(H,22,23). The molecule has 0 atom stereocenters. The molecule has 2 aromatic rings. The number of halogens is 1. The number of amides is 2. The van der Waals surface area contributed by atoms with Crippen molar-refractivity contribution in [3.63, 3.8) is 0 Å². The van der Waals surface area contributed by atoms with Crippen molar-refractivity contribution in [1.82, 2.24) is 5.32 Å². The zero-order valence-corrected chi connectivity index (χ0v) is 14.0. The predicted molar refractivity (Wildman–Crippen MR) is 92.5 cm³/mol. The quantitative estimate of drug-likeness (QED) is 0.883. The summed E-state index contributed by atoms with van der Waals surface area (Å²) < 4.78 is 14.0. The highest BCUT2D eigenvalue weighted by molar-refractivity contribution is 5.96. The lowest BCUT2D eigenvalue weighted by Crippen LogP contribution is -2.37. The zero-order chi connectivity index (χ0) is 17.7. The molecule has 0 heterocycles. The smallest absolute Gasteiger partial charge is 0.251 e. The second-order valence-electron chi connectivity index (χ2n) is 6.31. The summed E-state index contributed by atoms with van der Waals surface area (Å²) in [6, 6.07) is 13.2. The molecule has 0 unspecified atom stereocenters. The van der Waals surface area contributed by atoms with Crippen molar-refractivity contribution in [1.29, 1.82) is 0 Å². The summed E-state index contributed by atoms with van der Waals surface area (Å²) in [6.07, 6.45) is 0. The first-order valence-electron chi connectivity index (χ1n) is 7.70. The predicted octanol–water partition coefficient (Wildman–Crippen LogP) is 3.49. The van der Waals surface area contributed by atoms with Crippen molar-refractivity contribution in [2.45, 2.75) is 26.2 Å². The highest BCUT2D eigenvalue weighted by Crippen LogP contribution is 2.25. The fraction of sp³-hybridized carbons (Fsp3) is 0.263. The van der Waals surface area contributed by atoms with E-state index < -0.39 is 5.41 Å². The first-order valence-corrected chi connectivity index (χ1v) is 7.70. The lowest BCUT2D eigenvalue weighted by Gasteiger charge is -2.26. The Balaban J connectivity index is 2.07. The van der Waals surface area contributed by atoms with Crippen LogP contribution in [0.25, 0.3) is 0 Å². The zero-order valence-electron chi connectivity index (χ0n) is 14.0. The highest BCUT2D eigenvalue weighted by Gasteiger charge is 2.24. The van der Waals surface area contributed by atoms with E-state index in [1.807, 2.05) is 13.8 Å². The van der Waals surface area contributed by atoms with Crippen LogP contribution in [0.4, 0.5) is 10.1 Å². The van der Waals surface area contributed by atoms with Gasteiger partial charge in [-0.3, -0.25) is 9.59 Å². The Kier molecular flexibility index (Phi) is 5.34. The number of anilines is 1. The van der Waals surface area contributed by atoms with Gasteiger partial charge in [0.05, 0.1) is 0 Å². The van der Waals surface area contributed by atoms with Crippen LogP contribution in [0.5, 0.6) is 0 Å². The molecule has 2 amide bonds. The van der Waals surface area contributed by atoms with E-state index in [0.29, 0.717) is 16.8 Å². The van der Waals surface area contributed by atoms with E-state index in [2.05, 4.69) is 10.6 Å². The van der Waals surface area contributed by atoms with Gasteiger partial charge in [-0.2, -0.15) is 0 Å². The molecule has 2 N–H and O–H groups in total. The maximum Gasteiger partial charge on any atom is 0.251 e. The molecule has 5 heteroatoms. The lowest BCUT2D eigenvalue weighted by atomic mass is 9.84. The van der Waals surface area contributed by atoms with Gasteiger partial charge in [0.25, 0.3) is 5.91 Å². The van der Waals surface area contributed by atoms with Crippen LogP contribution in [-0.2, 0) is 10.2 Å². The van der Waals surface area contributed by atoms with Crippen LogP contribution >= 0.6 is 0 Å². The molecule has 24 heavy (non-hydrogen) atoms. The Hall–Kier alpha value is -2.69. The largest absolute Gasteiger partial charge is 0.351 e. The van der Waals surface area contributed by atoms with Gasteiger partial charge in [-0.25, -0.2) is 4.39 Å². The van der Waals surface area contributed by atoms with E-state index in [0.717, 1.165) is 0 Å². The number of rotatable bonds is 5. The molecule has 0 aliphatic rings. The number of carbonyl (C=O) groups excluding carboxylic acids is 2. The van der Waals surface area contributed by atoms with Gasteiger partial charge in [-0.05, 0) is 29.8 Å². The Morgan fingerprint density at radius 3 is 2.46 bits per heavy atom. The number of carbonyl (C=O) groups is 2. The van der Waals surface area contributed by atoms with Crippen molar-refractivity contribution in [3.8, 4) is 0 Å². The Morgan fingerprint density at radius 2 is 1.79 bits per heavy atom. The summed E-state index contributed by atoms with van der Waals surface area (Å²) in [5.74, 6) is -0.760. The first kappa shape index (κ1) is 17.7. The van der Waals surface area contributed by atoms with Gasteiger partial charge in [0, 0.05) is 30.1 Å². The summed E-state index contributed by atoms with van der Waals surface area (Å²) in [4.78, 5) is 23.4. The molecule has 0 spiro atoms. The molecule has 0 aliphatic carbocycles. The minimum absolute atomic E-state index is 0.201. The topological polar surface area (TPSA) is 58.2 Å². The molecule has 0 aliphatic heterocycles. The Labute approximate surface area is 141 Å². The average Bonchev–Trinajstić information content (AvgIpc) is 2.52. The van der Waals surface area contributed by atoms with Crippen LogP contribution < -0.4 is 10.6 Å². The van der Waals surface area contributed by atoms with Gasteiger partial charge in [0.2, 0.25) is 5.91 Å². The second kappa shape index (κ2) is 7.25. The Morgan fingerprint density at radius 1 is 1.08 bits per heavy atom. The van der Waals surface area contributed by atoms with Gasteiger partial charge in [-0.1, -0.05) is 38.1 Å². The fourth-order valence-corrected chi connectivity index (χ4v) is 2.45. The summed E-state index contributed by atoms with van der Waals surface area (Å²) in [5, 5.41) is 5.46. The van der Waals surface area contributed by atoms with Crippen molar-refractivity contribution in [3.05, 3.63) is 65.5 Å². The second-order valence-corrected chi connectivity index (χ2v) is 6.31. The van der Waals surface area contributed by atoms with Crippen molar-refractivity contribution in [2.75, 3.05) is 11.9 Å².